The fourth-order valence-corrected chi connectivity index (χ4v) is 2.61. The molecule has 7 heteroatoms. The van der Waals surface area contributed by atoms with Gasteiger partial charge in [-0.1, -0.05) is 40.0 Å². The van der Waals surface area contributed by atoms with Crippen molar-refractivity contribution in [3.05, 3.63) is 29.3 Å². The first-order chi connectivity index (χ1) is 12.7. The number of nitriles is 1. The van der Waals surface area contributed by atoms with Crippen molar-refractivity contribution in [2.24, 2.45) is 5.92 Å². The first-order valence-corrected chi connectivity index (χ1v) is 9.24. The van der Waals surface area contributed by atoms with Gasteiger partial charge in [0, 0.05) is 6.54 Å². The Kier molecular flexibility index (Phi) is 9.13. The van der Waals surface area contributed by atoms with Crippen molar-refractivity contribution in [2.75, 3.05) is 6.54 Å². The molecule has 1 aromatic rings. The van der Waals surface area contributed by atoms with E-state index in [4.69, 9.17) is 10.00 Å². The Morgan fingerprint density at radius 2 is 1.96 bits per heavy atom. The lowest BCUT2D eigenvalue weighted by Gasteiger charge is -2.21. The molecule has 1 unspecified atom stereocenters. The molecule has 1 amide bonds. The van der Waals surface area contributed by atoms with Crippen molar-refractivity contribution in [1.82, 2.24) is 5.32 Å². The Labute approximate surface area is 158 Å². The normalized spacial score (nSPS) is 12.5. The third kappa shape index (κ3) is 7.90. The van der Waals surface area contributed by atoms with Gasteiger partial charge >= 0.3 is 6.18 Å². The van der Waals surface area contributed by atoms with Crippen LogP contribution in [0.1, 0.15) is 64.0 Å². The maximum Gasteiger partial charge on any atom is 0.417 e. The first kappa shape index (κ1) is 22.8. The number of rotatable bonds is 10. The quantitative estimate of drug-likeness (QED) is 0.573. The fourth-order valence-electron chi connectivity index (χ4n) is 2.61. The zero-order chi connectivity index (χ0) is 20.4. The highest BCUT2D eigenvalue weighted by Gasteiger charge is 2.34. The Hall–Kier alpha value is -2.23. The predicted molar refractivity (Wildman–Crippen MR) is 97.2 cm³/mol. The van der Waals surface area contributed by atoms with Gasteiger partial charge in [0.05, 0.1) is 17.2 Å². The summed E-state index contributed by atoms with van der Waals surface area (Å²) >= 11 is 0. The van der Waals surface area contributed by atoms with Crippen LogP contribution >= 0.6 is 0 Å². The highest BCUT2D eigenvalue weighted by Crippen LogP contribution is 2.34. The molecule has 0 aliphatic heterocycles. The van der Waals surface area contributed by atoms with Gasteiger partial charge in [-0.3, -0.25) is 4.79 Å². The topological polar surface area (TPSA) is 62.1 Å². The summed E-state index contributed by atoms with van der Waals surface area (Å²) < 4.78 is 44.9. The number of hydrogen-bond acceptors (Lipinski definition) is 3. The third-order valence-corrected chi connectivity index (χ3v) is 4.00. The van der Waals surface area contributed by atoms with Crippen LogP contribution in [0.5, 0.6) is 5.75 Å². The average molecular weight is 384 g/mol. The second-order valence-electron chi connectivity index (χ2n) is 6.90. The number of carbonyl (C=O) groups excluding carboxylic acids is 1. The van der Waals surface area contributed by atoms with Gasteiger partial charge in [-0.25, -0.2) is 0 Å². The molecule has 0 aromatic heterocycles. The van der Waals surface area contributed by atoms with E-state index in [1.54, 1.807) is 0 Å². The van der Waals surface area contributed by atoms with Crippen LogP contribution in [0.15, 0.2) is 18.2 Å². The Bertz CT molecular complexity index is 652. The van der Waals surface area contributed by atoms with Gasteiger partial charge in [-0.2, -0.15) is 18.4 Å². The van der Waals surface area contributed by atoms with E-state index < -0.39 is 23.4 Å². The second kappa shape index (κ2) is 10.8. The molecule has 0 radical (unpaired) electrons. The number of unbranched alkanes of at least 4 members (excludes halogenated alkanes) is 3. The summed E-state index contributed by atoms with van der Waals surface area (Å²) in [4.78, 5) is 12.4. The highest BCUT2D eigenvalue weighted by molar-refractivity contribution is 5.81. The molecule has 0 aliphatic carbocycles. The van der Waals surface area contributed by atoms with E-state index in [9.17, 15) is 18.0 Å². The lowest BCUT2D eigenvalue weighted by molar-refractivity contribution is -0.137. The van der Waals surface area contributed by atoms with Crippen molar-refractivity contribution in [3.8, 4) is 11.8 Å². The molecule has 0 aliphatic rings. The molecule has 0 heterocycles. The van der Waals surface area contributed by atoms with Crippen LogP contribution in [0.2, 0.25) is 0 Å². The summed E-state index contributed by atoms with van der Waals surface area (Å²) in [6.45, 7) is 6.42. The summed E-state index contributed by atoms with van der Waals surface area (Å²) in [5, 5.41) is 11.7. The largest absolute Gasteiger partial charge is 0.481 e. The summed E-state index contributed by atoms with van der Waals surface area (Å²) in [5.74, 6) is -0.285. The molecular weight excluding hydrogens is 357 g/mol. The summed E-state index contributed by atoms with van der Waals surface area (Å²) in [6.07, 6.45) is -1.13. The summed E-state index contributed by atoms with van der Waals surface area (Å²) in [6, 6.07) is 4.66. The molecular formula is C20H27F3N2O2. The van der Waals surface area contributed by atoms with Gasteiger partial charge in [-0.05, 0) is 37.0 Å². The molecule has 27 heavy (non-hydrogen) atoms. The van der Waals surface area contributed by atoms with E-state index >= 15 is 0 Å². The molecule has 150 valence electrons. The molecule has 1 N–H and O–H groups in total. The van der Waals surface area contributed by atoms with Gasteiger partial charge in [0.2, 0.25) is 0 Å². The minimum absolute atomic E-state index is 0.0758. The van der Waals surface area contributed by atoms with Crippen molar-refractivity contribution >= 4 is 5.91 Å². The maximum atomic E-state index is 13.1. The SMILES string of the molecule is CCCCCCNC(=O)C(CC(C)C)Oc1ccc(C#N)c(C(F)(F)F)c1. The molecule has 1 aromatic carbocycles. The van der Waals surface area contributed by atoms with E-state index in [0.717, 1.165) is 37.8 Å². The van der Waals surface area contributed by atoms with Crippen LogP contribution in [0, 0.1) is 17.2 Å². The van der Waals surface area contributed by atoms with Crippen LogP contribution in [0.25, 0.3) is 0 Å². The van der Waals surface area contributed by atoms with Crippen molar-refractivity contribution in [1.29, 1.82) is 5.26 Å². The Morgan fingerprint density at radius 1 is 1.26 bits per heavy atom. The number of ether oxygens (including phenoxy) is 1. The van der Waals surface area contributed by atoms with Crippen LogP contribution in [0.4, 0.5) is 13.2 Å². The maximum absolute atomic E-state index is 13.1. The van der Waals surface area contributed by atoms with E-state index in [1.165, 1.54) is 12.1 Å². The summed E-state index contributed by atoms with van der Waals surface area (Å²) in [7, 11) is 0. The number of amides is 1. The number of benzene rings is 1. The average Bonchev–Trinajstić information content (AvgIpc) is 2.59. The minimum Gasteiger partial charge on any atom is -0.481 e. The van der Waals surface area contributed by atoms with E-state index in [1.807, 2.05) is 13.8 Å². The van der Waals surface area contributed by atoms with Gasteiger partial charge in [0.1, 0.15) is 5.75 Å². The number of hydrogen-bond donors (Lipinski definition) is 1. The number of carbonyl (C=O) groups is 1. The van der Waals surface area contributed by atoms with E-state index in [-0.39, 0.29) is 17.6 Å². The van der Waals surface area contributed by atoms with Crippen LogP contribution < -0.4 is 10.1 Å². The molecule has 0 saturated heterocycles. The number of nitrogens with one attached hydrogen (secondary N) is 1. The van der Waals surface area contributed by atoms with Gasteiger partial charge < -0.3 is 10.1 Å². The van der Waals surface area contributed by atoms with Crippen molar-refractivity contribution in [2.45, 2.75) is 65.2 Å². The number of alkyl halides is 3. The zero-order valence-corrected chi connectivity index (χ0v) is 16.0. The van der Waals surface area contributed by atoms with Crippen LogP contribution in [-0.2, 0) is 11.0 Å². The fraction of sp³-hybridized carbons (Fsp3) is 0.600. The lowest BCUT2D eigenvalue weighted by Crippen LogP contribution is -2.39. The molecule has 0 spiro atoms. The molecule has 0 fully saturated rings. The Balaban J connectivity index is 2.87. The number of nitrogens with zero attached hydrogens (tertiary/aromatic N) is 1. The molecule has 4 nitrogen and oxygen atoms in total. The van der Waals surface area contributed by atoms with Gasteiger partial charge in [-0.15, -0.1) is 0 Å². The van der Waals surface area contributed by atoms with Crippen molar-refractivity contribution in [3.63, 3.8) is 0 Å². The second-order valence-corrected chi connectivity index (χ2v) is 6.90. The monoisotopic (exact) mass is 384 g/mol. The van der Waals surface area contributed by atoms with Gasteiger partial charge in [0.25, 0.3) is 5.91 Å². The van der Waals surface area contributed by atoms with Gasteiger partial charge in [0.15, 0.2) is 6.10 Å². The lowest BCUT2D eigenvalue weighted by atomic mass is 10.0. The number of halogens is 3. The molecule has 0 bridgehead atoms. The van der Waals surface area contributed by atoms with E-state index in [0.29, 0.717) is 13.0 Å². The van der Waals surface area contributed by atoms with Crippen LogP contribution in [-0.4, -0.2) is 18.6 Å². The smallest absolute Gasteiger partial charge is 0.417 e. The highest BCUT2D eigenvalue weighted by atomic mass is 19.4. The predicted octanol–water partition coefficient (Wildman–Crippen LogP) is 5.07. The standard InChI is InChI=1S/C20H27F3N2O2/c1-4-5-6-7-10-25-19(26)18(11-14(2)3)27-16-9-8-15(13-24)17(12-16)20(21,22)23/h8-9,12,14,18H,4-7,10-11H2,1-3H3,(H,25,26). The molecule has 1 atom stereocenters. The van der Waals surface area contributed by atoms with E-state index in [2.05, 4.69) is 12.2 Å². The minimum atomic E-state index is -4.67. The zero-order valence-electron chi connectivity index (χ0n) is 16.0. The van der Waals surface area contributed by atoms with Crippen LogP contribution in [0.3, 0.4) is 0 Å². The molecule has 1 rings (SSSR count). The van der Waals surface area contributed by atoms with Crippen molar-refractivity contribution < 1.29 is 22.7 Å². The first-order valence-electron chi connectivity index (χ1n) is 9.24. The summed E-state index contributed by atoms with van der Waals surface area (Å²) in [5.41, 5.74) is -1.54. The molecule has 0 saturated carbocycles. The third-order valence-electron chi connectivity index (χ3n) is 4.00. The Morgan fingerprint density at radius 3 is 2.52 bits per heavy atom.